The molecule has 2 amide bonds. The molecule has 4 aromatic carbocycles. The topological polar surface area (TPSA) is 126 Å². The van der Waals surface area contributed by atoms with Crippen LogP contribution >= 0.6 is 15.9 Å². The number of benzene rings is 4. The highest BCUT2D eigenvalue weighted by atomic mass is 79.9. The molecule has 0 saturated heterocycles. The molecule has 0 spiro atoms. The van der Waals surface area contributed by atoms with Gasteiger partial charge in [-0.25, -0.2) is 18.2 Å². The lowest BCUT2D eigenvalue weighted by molar-refractivity contribution is -0.119. The monoisotopic (exact) mass is 682 g/mol. The van der Waals surface area contributed by atoms with Crippen LogP contribution in [0.4, 0.5) is 15.8 Å². The first kappa shape index (κ1) is 32.2. The summed E-state index contributed by atoms with van der Waals surface area (Å²) in [7, 11) is -2.67. The molecule has 4 aromatic rings. The van der Waals surface area contributed by atoms with Crippen LogP contribution in [0.3, 0.4) is 0 Å². The number of halogens is 2. The SMILES string of the molecule is COc1ccc(S(=O)(=O)N(CC(=O)N/N=C\c2ccc(OCC(=O)Nc3ccc(F)cc3)cc2)c2ccc(C)cc2)cc1Br. The molecular formula is C31H28BrFN4O6S. The van der Waals surface area contributed by atoms with Crippen molar-refractivity contribution in [2.45, 2.75) is 11.8 Å². The molecule has 44 heavy (non-hydrogen) atoms. The molecule has 2 N–H and O–H groups in total. The first-order chi connectivity index (χ1) is 21.0. The summed E-state index contributed by atoms with van der Waals surface area (Å²) in [6.45, 7) is 1.09. The number of carbonyl (C=O) groups is 2. The van der Waals surface area contributed by atoms with E-state index in [1.807, 2.05) is 6.92 Å². The van der Waals surface area contributed by atoms with Gasteiger partial charge in [-0.15, -0.1) is 0 Å². The highest BCUT2D eigenvalue weighted by molar-refractivity contribution is 9.10. The summed E-state index contributed by atoms with van der Waals surface area (Å²) in [5, 5.41) is 6.55. The fourth-order valence-electron chi connectivity index (χ4n) is 3.83. The molecule has 0 aliphatic heterocycles. The van der Waals surface area contributed by atoms with Gasteiger partial charge in [0, 0.05) is 5.69 Å². The van der Waals surface area contributed by atoms with Gasteiger partial charge >= 0.3 is 0 Å². The molecule has 0 aliphatic rings. The standard InChI is InChI=1S/C31H28BrFN4O6S/c1-21-3-11-25(12-4-21)37(44(40,41)27-15-16-29(42-2)28(32)17-27)19-30(38)36-34-18-22-5-13-26(14-6-22)43-20-31(39)35-24-9-7-23(33)8-10-24/h3-18H,19-20H2,1-2H3,(H,35,39)(H,36,38)/b34-18-. The van der Waals surface area contributed by atoms with Crippen LogP contribution in [0.5, 0.6) is 11.5 Å². The average Bonchev–Trinajstić information content (AvgIpc) is 3.01. The number of nitrogens with zero attached hydrogens (tertiary/aromatic N) is 2. The van der Waals surface area contributed by atoms with Crippen molar-refractivity contribution in [1.82, 2.24) is 5.43 Å². The third-order valence-electron chi connectivity index (χ3n) is 6.10. The fraction of sp³-hybridized carbons (Fsp3) is 0.129. The van der Waals surface area contributed by atoms with Crippen LogP contribution in [0.2, 0.25) is 0 Å². The van der Waals surface area contributed by atoms with Crippen LogP contribution in [0.15, 0.2) is 105 Å². The number of amides is 2. The highest BCUT2D eigenvalue weighted by Gasteiger charge is 2.28. The number of aryl methyl sites for hydroxylation is 1. The van der Waals surface area contributed by atoms with Gasteiger partial charge in [-0.1, -0.05) is 17.7 Å². The van der Waals surface area contributed by atoms with Gasteiger partial charge in [-0.2, -0.15) is 5.10 Å². The van der Waals surface area contributed by atoms with Gasteiger partial charge < -0.3 is 14.8 Å². The maximum atomic E-state index is 13.6. The Morgan fingerprint density at radius 1 is 0.955 bits per heavy atom. The van der Waals surface area contributed by atoms with E-state index >= 15 is 0 Å². The number of anilines is 2. The van der Waals surface area contributed by atoms with Crippen molar-refractivity contribution in [2.24, 2.45) is 5.10 Å². The lowest BCUT2D eigenvalue weighted by atomic mass is 10.2. The summed E-state index contributed by atoms with van der Waals surface area (Å²) >= 11 is 3.31. The first-order valence-corrected chi connectivity index (χ1v) is 15.3. The lowest BCUT2D eigenvalue weighted by Crippen LogP contribution is -2.39. The maximum absolute atomic E-state index is 13.6. The fourth-order valence-corrected chi connectivity index (χ4v) is 5.97. The number of sulfonamides is 1. The normalized spacial score (nSPS) is 11.2. The van der Waals surface area contributed by atoms with E-state index in [9.17, 15) is 22.4 Å². The van der Waals surface area contributed by atoms with E-state index in [-0.39, 0.29) is 11.5 Å². The summed E-state index contributed by atoms with van der Waals surface area (Å²) in [5.41, 5.74) is 4.66. The molecule has 228 valence electrons. The minimum Gasteiger partial charge on any atom is -0.496 e. The van der Waals surface area contributed by atoms with Crippen molar-refractivity contribution in [1.29, 1.82) is 0 Å². The number of rotatable bonds is 12. The second-order valence-corrected chi connectivity index (χ2v) is 12.1. The Bertz CT molecular complexity index is 1750. The second-order valence-electron chi connectivity index (χ2n) is 9.35. The van der Waals surface area contributed by atoms with Crippen molar-refractivity contribution in [3.05, 3.63) is 112 Å². The van der Waals surface area contributed by atoms with Gasteiger partial charge in [-0.05, 0) is 107 Å². The van der Waals surface area contributed by atoms with Gasteiger partial charge in [0.2, 0.25) is 0 Å². The lowest BCUT2D eigenvalue weighted by Gasteiger charge is -2.24. The molecule has 0 aliphatic carbocycles. The predicted molar refractivity (Wildman–Crippen MR) is 169 cm³/mol. The van der Waals surface area contributed by atoms with E-state index in [1.165, 1.54) is 55.8 Å². The van der Waals surface area contributed by atoms with Crippen molar-refractivity contribution in [3.8, 4) is 11.5 Å². The molecule has 13 heteroatoms. The summed E-state index contributed by atoms with van der Waals surface area (Å²) in [5.74, 6) is -0.594. The molecule has 0 bridgehead atoms. The third-order valence-corrected chi connectivity index (χ3v) is 8.49. The third kappa shape index (κ3) is 8.64. The van der Waals surface area contributed by atoms with E-state index in [1.54, 1.807) is 48.5 Å². The quantitative estimate of drug-likeness (QED) is 0.155. The largest absolute Gasteiger partial charge is 0.496 e. The average molecular weight is 684 g/mol. The van der Waals surface area contributed by atoms with Gasteiger partial charge in [0.15, 0.2) is 6.61 Å². The Labute approximate surface area is 262 Å². The summed E-state index contributed by atoms with van der Waals surface area (Å²) in [6, 6.07) is 23.0. The number of hydrogen-bond donors (Lipinski definition) is 2. The summed E-state index contributed by atoms with van der Waals surface area (Å²) in [4.78, 5) is 24.9. The van der Waals surface area contributed by atoms with Crippen molar-refractivity contribution in [3.63, 3.8) is 0 Å². The number of hydrazone groups is 1. The Morgan fingerprint density at radius 2 is 1.64 bits per heavy atom. The zero-order valence-corrected chi connectivity index (χ0v) is 26.1. The molecule has 0 unspecified atom stereocenters. The van der Waals surface area contributed by atoms with Crippen molar-refractivity contribution in [2.75, 3.05) is 29.9 Å². The smallest absolute Gasteiger partial charge is 0.264 e. The Balaban J connectivity index is 1.37. The van der Waals surface area contributed by atoms with E-state index in [2.05, 4.69) is 31.8 Å². The number of ether oxygens (including phenoxy) is 2. The molecule has 0 atom stereocenters. The minimum atomic E-state index is -4.15. The molecule has 0 fully saturated rings. The molecule has 4 rings (SSSR count). The van der Waals surface area contributed by atoms with Gasteiger partial charge in [-0.3, -0.25) is 13.9 Å². The first-order valence-electron chi connectivity index (χ1n) is 13.1. The number of methoxy groups -OCH3 is 1. The number of carbonyl (C=O) groups excluding carboxylic acids is 2. The second kappa shape index (κ2) is 14.6. The Morgan fingerprint density at radius 3 is 2.27 bits per heavy atom. The molecule has 0 heterocycles. The molecular weight excluding hydrogens is 655 g/mol. The zero-order valence-electron chi connectivity index (χ0n) is 23.7. The molecule has 10 nitrogen and oxygen atoms in total. The molecule has 0 aromatic heterocycles. The zero-order chi connectivity index (χ0) is 31.7. The van der Waals surface area contributed by atoms with E-state index in [4.69, 9.17) is 9.47 Å². The highest BCUT2D eigenvalue weighted by Crippen LogP contribution is 2.30. The van der Waals surface area contributed by atoms with Crippen LogP contribution in [-0.4, -0.2) is 46.7 Å². The Hall–Kier alpha value is -4.75. The summed E-state index contributed by atoms with van der Waals surface area (Å²) in [6.07, 6.45) is 1.38. The maximum Gasteiger partial charge on any atom is 0.264 e. The van der Waals surface area contributed by atoms with Crippen LogP contribution in [0.25, 0.3) is 0 Å². The molecule has 0 radical (unpaired) electrons. The number of nitrogens with one attached hydrogen (secondary N) is 2. The molecule has 0 saturated carbocycles. The summed E-state index contributed by atoms with van der Waals surface area (Å²) < 4.78 is 52.4. The van der Waals surface area contributed by atoms with Crippen LogP contribution in [-0.2, 0) is 19.6 Å². The van der Waals surface area contributed by atoms with E-state index in [0.717, 1.165) is 9.87 Å². The van der Waals surface area contributed by atoms with E-state index < -0.39 is 34.2 Å². The van der Waals surface area contributed by atoms with Crippen LogP contribution < -0.4 is 24.5 Å². The van der Waals surface area contributed by atoms with E-state index in [0.29, 0.717) is 32.9 Å². The number of hydrogen-bond acceptors (Lipinski definition) is 7. The van der Waals surface area contributed by atoms with Crippen molar-refractivity contribution >= 4 is 55.4 Å². The van der Waals surface area contributed by atoms with Gasteiger partial charge in [0.25, 0.3) is 21.8 Å². The van der Waals surface area contributed by atoms with Gasteiger partial charge in [0.05, 0.1) is 28.4 Å². The van der Waals surface area contributed by atoms with Crippen LogP contribution in [0.1, 0.15) is 11.1 Å². The van der Waals surface area contributed by atoms with Crippen LogP contribution in [0, 0.1) is 12.7 Å². The van der Waals surface area contributed by atoms with Crippen molar-refractivity contribution < 1.29 is 31.9 Å². The Kier molecular flexibility index (Phi) is 10.7. The predicted octanol–water partition coefficient (Wildman–Crippen LogP) is 5.27. The van der Waals surface area contributed by atoms with Gasteiger partial charge in [0.1, 0.15) is 23.9 Å². The minimum absolute atomic E-state index is 0.0303.